The van der Waals surface area contributed by atoms with Gasteiger partial charge < -0.3 is 0 Å². The second kappa shape index (κ2) is 3.57. The second-order valence-corrected chi connectivity index (χ2v) is 6.90. The molecular weight excluding hydrogens is 178 g/mol. The molecule has 0 N–H and O–H groups in total. The molecule has 2 fully saturated rings. The highest BCUT2D eigenvalue weighted by molar-refractivity contribution is 6.40. The van der Waals surface area contributed by atoms with Crippen LogP contribution in [0.1, 0.15) is 52.9 Å². The molecule has 0 nitrogen and oxygen atoms in total. The molecule has 2 saturated carbocycles. The first-order valence-electron chi connectivity index (χ1n) is 6.38. The molecule has 2 rings (SSSR count). The van der Waals surface area contributed by atoms with Gasteiger partial charge in [-0.1, -0.05) is 44.7 Å². The summed E-state index contributed by atoms with van der Waals surface area (Å²) in [4.78, 5) is 0. The minimum Gasteiger partial charge on any atom is -0.0916 e. The van der Waals surface area contributed by atoms with Crippen LogP contribution in [-0.4, -0.2) is 15.7 Å². The van der Waals surface area contributed by atoms with Crippen molar-refractivity contribution in [3.63, 3.8) is 0 Å². The van der Waals surface area contributed by atoms with Crippen LogP contribution < -0.4 is 0 Å². The van der Waals surface area contributed by atoms with Gasteiger partial charge in [0.15, 0.2) is 0 Å². The van der Waals surface area contributed by atoms with Crippen molar-refractivity contribution >= 4 is 15.7 Å². The molecule has 2 heteroatoms. The molecule has 2 atom stereocenters. The Hall–Kier alpha value is 0.130. The lowest BCUT2D eigenvalue weighted by Crippen LogP contribution is -2.39. The molecule has 0 aromatic rings. The highest BCUT2D eigenvalue weighted by atomic mass is 14.5. The molecule has 0 amide bonds. The van der Waals surface area contributed by atoms with Gasteiger partial charge in [-0.3, -0.25) is 0 Å². The molecule has 4 radical (unpaired) electrons. The van der Waals surface area contributed by atoms with Crippen molar-refractivity contribution in [3.8, 4) is 0 Å². The molecule has 0 aliphatic heterocycles. The zero-order valence-electron chi connectivity index (χ0n) is 10.4. The topological polar surface area (TPSA) is 0 Å². The van der Waals surface area contributed by atoms with Crippen LogP contribution in [0.4, 0.5) is 0 Å². The van der Waals surface area contributed by atoms with Crippen molar-refractivity contribution in [1.82, 2.24) is 0 Å². The number of hydrogen-bond acceptors (Lipinski definition) is 0. The highest BCUT2D eigenvalue weighted by Gasteiger charge is 2.44. The summed E-state index contributed by atoms with van der Waals surface area (Å²) in [5.74, 6) is 2.37. The maximum Gasteiger partial charge on any atom is 0.0631 e. The van der Waals surface area contributed by atoms with Crippen LogP contribution in [0.25, 0.3) is 0 Å². The van der Waals surface area contributed by atoms with Crippen molar-refractivity contribution < 1.29 is 0 Å². The van der Waals surface area contributed by atoms with Crippen LogP contribution in [0, 0.1) is 23.2 Å². The van der Waals surface area contributed by atoms with Crippen molar-refractivity contribution in [3.05, 3.63) is 0 Å². The Kier molecular flexibility index (Phi) is 2.76. The van der Waals surface area contributed by atoms with Crippen molar-refractivity contribution in [2.75, 3.05) is 0 Å². The first-order valence-corrected chi connectivity index (χ1v) is 6.38. The van der Waals surface area contributed by atoms with E-state index >= 15 is 0 Å². The summed E-state index contributed by atoms with van der Waals surface area (Å²) in [6.45, 7) is 6.51. The summed E-state index contributed by atoms with van der Waals surface area (Å²) in [6, 6.07) is 0. The molecule has 2 bridgehead atoms. The monoisotopic (exact) mass is 200 g/mol. The summed E-state index contributed by atoms with van der Waals surface area (Å²) in [6.07, 6.45) is 6.81. The van der Waals surface area contributed by atoms with Gasteiger partial charge in [-0.2, -0.15) is 0 Å². The Morgan fingerprint density at radius 3 is 1.73 bits per heavy atom. The number of fused-ring (bicyclic) bond motifs is 2. The van der Waals surface area contributed by atoms with E-state index < -0.39 is 5.21 Å². The summed E-state index contributed by atoms with van der Waals surface area (Å²) < 4.78 is 0. The molecule has 2 aliphatic carbocycles. The zero-order valence-corrected chi connectivity index (χ0v) is 10.4. The Balaban J connectivity index is 2.11. The van der Waals surface area contributed by atoms with E-state index in [4.69, 9.17) is 15.7 Å². The first-order chi connectivity index (χ1) is 6.80. The predicted octanol–water partition coefficient (Wildman–Crippen LogP) is 3.31. The van der Waals surface area contributed by atoms with Crippen molar-refractivity contribution in [2.45, 2.75) is 58.1 Å². The van der Waals surface area contributed by atoms with Gasteiger partial charge >= 0.3 is 0 Å². The largest absolute Gasteiger partial charge is 0.0916 e. The highest BCUT2D eigenvalue weighted by Crippen LogP contribution is 2.56. The van der Waals surface area contributed by atoms with E-state index in [0.29, 0.717) is 5.92 Å². The number of hydrogen-bond donors (Lipinski definition) is 0. The third-order valence-electron chi connectivity index (χ3n) is 4.86. The summed E-state index contributed by atoms with van der Waals surface area (Å²) >= 11 is 0. The quantitative estimate of drug-likeness (QED) is 0.569. The van der Waals surface area contributed by atoms with Gasteiger partial charge in [0, 0.05) is 0 Å². The molecular formula is C13H22B2. The van der Waals surface area contributed by atoms with E-state index in [0.717, 1.165) is 11.8 Å². The molecule has 2 unspecified atom stereocenters. The van der Waals surface area contributed by atoms with Gasteiger partial charge in [0.2, 0.25) is 0 Å². The maximum absolute atomic E-state index is 6.40. The number of rotatable bonds is 1. The SMILES string of the molecule is [B]C([B])(C1CC2CCC(C2)C1)C(C)(C)C. The predicted molar refractivity (Wildman–Crippen MR) is 67.2 cm³/mol. The fraction of sp³-hybridized carbons (Fsp3) is 1.00. The molecule has 0 aromatic heterocycles. The van der Waals surface area contributed by atoms with Gasteiger partial charge in [0.25, 0.3) is 0 Å². The summed E-state index contributed by atoms with van der Waals surface area (Å²) in [5, 5.41) is -0.492. The van der Waals surface area contributed by atoms with Gasteiger partial charge in [-0.05, 0) is 36.5 Å². The van der Waals surface area contributed by atoms with Crippen molar-refractivity contribution in [1.29, 1.82) is 0 Å². The fourth-order valence-electron chi connectivity index (χ4n) is 3.51. The van der Waals surface area contributed by atoms with Crippen LogP contribution in [0.2, 0.25) is 5.21 Å². The lowest BCUT2D eigenvalue weighted by molar-refractivity contribution is 0.169. The summed E-state index contributed by atoms with van der Waals surface area (Å²) in [7, 11) is 12.8. The minimum absolute atomic E-state index is 0.00838. The molecule has 2 aliphatic rings. The van der Waals surface area contributed by atoms with Crippen LogP contribution in [-0.2, 0) is 0 Å². The molecule has 0 saturated heterocycles. The molecule has 0 aromatic carbocycles. The van der Waals surface area contributed by atoms with E-state index in [1.165, 1.54) is 32.1 Å². The smallest absolute Gasteiger partial charge is 0.0631 e. The zero-order chi connectivity index (χ0) is 11.3. The third kappa shape index (κ3) is 2.01. The second-order valence-electron chi connectivity index (χ2n) is 6.90. The van der Waals surface area contributed by atoms with Gasteiger partial charge in [-0.25, -0.2) is 0 Å². The minimum atomic E-state index is -0.492. The third-order valence-corrected chi connectivity index (χ3v) is 4.86. The Morgan fingerprint density at radius 2 is 1.33 bits per heavy atom. The average Bonchev–Trinajstić information content (AvgIpc) is 2.43. The van der Waals surface area contributed by atoms with E-state index in [9.17, 15) is 0 Å². The standard InChI is InChI=1S/C13H22B2/c1-12(2,3)13(14,15)11-7-9-4-5-10(6-9)8-11/h9-11H,4-8H2,1-3H3. The fourth-order valence-corrected chi connectivity index (χ4v) is 3.51. The van der Waals surface area contributed by atoms with E-state index in [2.05, 4.69) is 20.8 Å². The molecule has 0 heterocycles. The maximum atomic E-state index is 6.40. The average molecular weight is 200 g/mol. The first kappa shape index (κ1) is 11.6. The lowest BCUT2D eigenvalue weighted by atomic mass is 9.37. The van der Waals surface area contributed by atoms with E-state index in [1.807, 2.05) is 0 Å². The molecule has 80 valence electrons. The molecule has 0 spiro atoms. The van der Waals surface area contributed by atoms with Crippen LogP contribution >= 0.6 is 0 Å². The lowest BCUT2D eigenvalue weighted by Gasteiger charge is -2.49. The van der Waals surface area contributed by atoms with Crippen molar-refractivity contribution in [2.24, 2.45) is 23.2 Å². The normalized spacial score (nSPS) is 36.9. The Bertz CT molecular complexity index is 227. The Morgan fingerprint density at radius 1 is 0.867 bits per heavy atom. The van der Waals surface area contributed by atoms with Crippen LogP contribution in [0.3, 0.4) is 0 Å². The van der Waals surface area contributed by atoms with Gasteiger partial charge in [0.1, 0.15) is 0 Å². The summed E-state index contributed by atoms with van der Waals surface area (Å²) in [5.41, 5.74) is 0.00838. The van der Waals surface area contributed by atoms with E-state index in [-0.39, 0.29) is 5.41 Å². The van der Waals surface area contributed by atoms with Gasteiger partial charge in [-0.15, -0.1) is 0 Å². The molecule has 15 heavy (non-hydrogen) atoms. The van der Waals surface area contributed by atoms with Crippen LogP contribution in [0.5, 0.6) is 0 Å². The van der Waals surface area contributed by atoms with Crippen LogP contribution in [0.15, 0.2) is 0 Å². The van der Waals surface area contributed by atoms with E-state index in [1.54, 1.807) is 0 Å². The van der Waals surface area contributed by atoms with Gasteiger partial charge in [0.05, 0.1) is 15.7 Å². The Labute approximate surface area is 97.4 Å².